The minimum Gasteiger partial charge on any atom is -0.320 e. The molecule has 3 heteroatoms. The molecule has 1 aliphatic rings. The maximum absolute atomic E-state index is 12.0. The van der Waals surface area contributed by atoms with Crippen LogP contribution >= 0.6 is 0 Å². The number of hydrogen-bond donors (Lipinski definition) is 1. The van der Waals surface area contributed by atoms with Crippen LogP contribution in [0.2, 0.25) is 0 Å². The minimum absolute atomic E-state index is 0.0133. The van der Waals surface area contributed by atoms with Crippen LogP contribution in [0.3, 0.4) is 0 Å². The van der Waals surface area contributed by atoms with Gasteiger partial charge in [0.15, 0.2) is 0 Å². The third-order valence-electron chi connectivity index (χ3n) is 3.20. The van der Waals surface area contributed by atoms with E-state index in [9.17, 15) is 4.79 Å². The van der Waals surface area contributed by atoms with E-state index in [0.29, 0.717) is 5.92 Å². The van der Waals surface area contributed by atoms with E-state index in [1.165, 1.54) is 5.56 Å². The average Bonchev–Trinajstić information content (AvgIpc) is 2.29. The smallest absolute Gasteiger partial charge is 0.243 e. The Labute approximate surface area is 96.2 Å². The summed E-state index contributed by atoms with van der Waals surface area (Å²) in [5.74, 6) is 0.535. The zero-order valence-electron chi connectivity index (χ0n) is 9.81. The second kappa shape index (κ2) is 4.26. The van der Waals surface area contributed by atoms with Crippen LogP contribution in [-0.4, -0.2) is 18.5 Å². The van der Waals surface area contributed by atoms with Gasteiger partial charge in [0.05, 0.1) is 6.04 Å². The molecule has 1 aromatic carbocycles. The van der Waals surface area contributed by atoms with Crippen LogP contribution in [0, 0.1) is 0 Å². The van der Waals surface area contributed by atoms with Gasteiger partial charge < -0.3 is 10.6 Å². The van der Waals surface area contributed by atoms with Crippen molar-refractivity contribution in [2.75, 3.05) is 11.4 Å². The standard InChI is InChI=1S/C13H18N2O/c1-9-7-8-15(13(16)10(2)14)12-6-4-3-5-11(9)12/h3-6,9-10H,7-8,14H2,1-2H3. The van der Waals surface area contributed by atoms with Crippen LogP contribution in [0.1, 0.15) is 31.7 Å². The van der Waals surface area contributed by atoms with Crippen LogP contribution in [0.15, 0.2) is 24.3 Å². The second-order valence-corrected chi connectivity index (χ2v) is 4.53. The summed E-state index contributed by atoms with van der Waals surface area (Å²) in [5, 5.41) is 0. The van der Waals surface area contributed by atoms with E-state index in [1.54, 1.807) is 6.92 Å². The quantitative estimate of drug-likeness (QED) is 0.782. The fourth-order valence-electron chi connectivity index (χ4n) is 2.22. The van der Waals surface area contributed by atoms with Gasteiger partial charge in [-0.1, -0.05) is 25.1 Å². The van der Waals surface area contributed by atoms with E-state index in [0.717, 1.165) is 18.7 Å². The number of anilines is 1. The number of amides is 1. The fraction of sp³-hybridized carbons (Fsp3) is 0.462. The van der Waals surface area contributed by atoms with Gasteiger partial charge in [0.1, 0.15) is 0 Å². The third kappa shape index (κ3) is 1.83. The first kappa shape index (κ1) is 11.1. The molecule has 0 saturated carbocycles. The molecule has 0 fully saturated rings. The first-order chi connectivity index (χ1) is 7.61. The molecule has 0 aliphatic carbocycles. The number of nitrogens with zero attached hydrogens (tertiary/aromatic N) is 1. The molecule has 0 aromatic heterocycles. The Bertz CT molecular complexity index is 401. The Balaban J connectivity index is 2.38. The molecule has 16 heavy (non-hydrogen) atoms. The van der Waals surface area contributed by atoms with E-state index in [1.807, 2.05) is 23.1 Å². The number of fused-ring (bicyclic) bond motifs is 1. The highest BCUT2D eigenvalue weighted by Gasteiger charge is 2.27. The number of nitrogens with two attached hydrogens (primary N) is 1. The highest BCUT2D eigenvalue weighted by atomic mass is 16.2. The molecule has 1 aromatic rings. The topological polar surface area (TPSA) is 46.3 Å². The summed E-state index contributed by atoms with van der Waals surface area (Å²) >= 11 is 0. The predicted molar refractivity (Wildman–Crippen MR) is 65.5 cm³/mol. The Hall–Kier alpha value is -1.35. The van der Waals surface area contributed by atoms with Crippen LogP contribution in [0.4, 0.5) is 5.69 Å². The summed E-state index contributed by atoms with van der Waals surface area (Å²) in [4.78, 5) is 13.8. The van der Waals surface area contributed by atoms with E-state index < -0.39 is 6.04 Å². The zero-order valence-corrected chi connectivity index (χ0v) is 9.81. The first-order valence-electron chi connectivity index (χ1n) is 5.77. The lowest BCUT2D eigenvalue weighted by molar-refractivity contribution is -0.119. The van der Waals surface area contributed by atoms with Crippen LogP contribution in [0.5, 0.6) is 0 Å². The van der Waals surface area contributed by atoms with Crippen LogP contribution in [-0.2, 0) is 4.79 Å². The highest BCUT2D eigenvalue weighted by Crippen LogP contribution is 2.34. The molecular formula is C13H18N2O. The second-order valence-electron chi connectivity index (χ2n) is 4.53. The molecule has 0 saturated heterocycles. The van der Waals surface area contributed by atoms with Crippen molar-refractivity contribution in [2.45, 2.75) is 32.2 Å². The summed E-state index contributed by atoms with van der Waals surface area (Å²) in [6.45, 7) is 4.72. The van der Waals surface area contributed by atoms with Crippen LogP contribution in [0.25, 0.3) is 0 Å². The summed E-state index contributed by atoms with van der Waals surface area (Å²) in [6.07, 6.45) is 1.01. The number of para-hydroxylation sites is 1. The Kier molecular flexibility index (Phi) is 2.97. The normalized spacial score (nSPS) is 21.4. The molecule has 0 bridgehead atoms. The molecular weight excluding hydrogens is 200 g/mol. The Morgan fingerprint density at radius 1 is 1.50 bits per heavy atom. The largest absolute Gasteiger partial charge is 0.320 e. The van der Waals surface area contributed by atoms with Crippen molar-refractivity contribution in [3.63, 3.8) is 0 Å². The molecule has 1 amide bonds. The molecule has 3 nitrogen and oxygen atoms in total. The Morgan fingerprint density at radius 2 is 2.19 bits per heavy atom. The van der Waals surface area contributed by atoms with Gasteiger partial charge in [0.25, 0.3) is 0 Å². The number of carbonyl (C=O) groups excluding carboxylic acids is 1. The van der Waals surface area contributed by atoms with Gasteiger partial charge >= 0.3 is 0 Å². The van der Waals surface area contributed by atoms with Gasteiger partial charge in [-0.25, -0.2) is 0 Å². The lowest BCUT2D eigenvalue weighted by Crippen LogP contribution is -2.44. The highest BCUT2D eigenvalue weighted by molar-refractivity contribution is 5.97. The van der Waals surface area contributed by atoms with E-state index in [-0.39, 0.29) is 5.91 Å². The SMILES string of the molecule is CC(N)C(=O)N1CCC(C)c2ccccc21. The van der Waals surface area contributed by atoms with Crippen molar-refractivity contribution in [2.24, 2.45) is 5.73 Å². The van der Waals surface area contributed by atoms with Crippen molar-refractivity contribution in [3.05, 3.63) is 29.8 Å². The summed E-state index contributed by atoms with van der Waals surface area (Å²) in [5.41, 5.74) is 7.95. The maximum atomic E-state index is 12.0. The van der Waals surface area contributed by atoms with Crippen molar-refractivity contribution >= 4 is 11.6 Å². The molecule has 2 unspecified atom stereocenters. The third-order valence-corrected chi connectivity index (χ3v) is 3.20. The van der Waals surface area contributed by atoms with Crippen molar-refractivity contribution in [3.8, 4) is 0 Å². The van der Waals surface area contributed by atoms with Gasteiger partial charge in [0.2, 0.25) is 5.91 Å². The monoisotopic (exact) mass is 218 g/mol. The molecule has 1 aliphatic heterocycles. The summed E-state index contributed by atoms with van der Waals surface area (Å²) in [6, 6.07) is 7.67. The number of hydrogen-bond acceptors (Lipinski definition) is 2. The maximum Gasteiger partial charge on any atom is 0.243 e. The average molecular weight is 218 g/mol. The van der Waals surface area contributed by atoms with Crippen LogP contribution < -0.4 is 10.6 Å². The summed E-state index contributed by atoms with van der Waals surface area (Å²) in [7, 11) is 0. The van der Waals surface area contributed by atoms with Gasteiger partial charge in [0, 0.05) is 12.2 Å². The van der Waals surface area contributed by atoms with Crippen molar-refractivity contribution in [1.82, 2.24) is 0 Å². The molecule has 2 rings (SSSR count). The van der Waals surface area contributed by atoms with Gasteiger partial charge in [-0.05, 0) is 30.9 Å². The summed E-state index contributed by atoms with van der Waals surface area (Å²) < 4.78 is 0. The number of rotatable bonds is 1. The van der Waals surface area contributed by atoms with E-state index >= 15 is 0 Å². The number of carbonyl (C=O) groups is 1. The van der Waals surface area contributed by atoms with E-state index in [4.69, 9.17) is 5.73 Å². The molecule has 0 spiro atoms. The predicted octanol–water partition coefficient (Wildman–Crippen LogP) is 1.87. The lowest BCUT2D eigenvalue weighted by Gasteiger charge is -2.33. The molecule has 0 radical (unpaired) electrons. The lowest BCUT2D eigenvalue weighted by atomic mass is 9.91. The van der Waals surface area contributed by atoms with Gasteiger partial charge in [-0.3, -0.25) is 4.79 Å². The van der Waals surface area contributed by atoms with E-state index in [2.05, 4.69) is 13.0 Å². The van der Waals surface area contributed by atoms with Crippen molar-refractivity contribution in [1.29, 1.82) is 0 Å². The zero-order chi connectivity index (χ0) is 11.7. The fourth-order valence-corrected chi connectivity index (χ4v) is 2.22. The number of benzene rings is 1. The Morgan fingerprint density at radius 3 is 2.88 bits per heavy atom. The van der Waals surface area contributed by atoms with Crippen molar-refractivity contribution < 1.29 is 4.79 Å². The molecule has 2 atom stereocenters. The minimum atomic E-state index is -0.429. The molecule has 2 N–H and O–H groups in total. The molecule has 86 valence electrons. The van der Waals surface area contributed by atoms with Gasteiger partial charge in [-0.15, -0.1) is 0 Å². The van der Waals surface area contributed by atoms with Gasteiger partial charge in [-0.2, -0.15) is 0 Å². The molecule has 1 heterocycles. The first-order valence-corrected chi connectivity index (χ1v) is 5.77.